The molecule has 0 saturated carbocycles. The van der Waals surface area contributed by atoms with Crippen LogP contribution in [0, 0.1) is 6.92 Å². The van der Waals surface area contributed by atoms with Crippen molar-refractivity contribution in [2.24, 2.45) is 0 Å². The van der Waals surface area contributed by atoms with Crippen molar-refractivity contribution in [1.29, 1.82) is 0 Å². The fraction of sp³-hybridized carbons (Fsp3) is 0.297. The van der Waals surface area contributed by atoms with Gasteiger partial charge in [0.2, 0.25) is 11.8 Å². The summed E-state index contributed by atoms with van der Waals surface area (Å²) in [5, 5.41) is 3.65. The number of carbonyl (C=O) groups is 2. The standard InChI is InChI=1S/C37H41Cl2N3O5S/c1-5-27(4)40-37(44)35(23-28-11-8-7-9-12-28)41(24-32-33(38)13-10-14-34(32)39)36(43)25-42(29-17-19-30(20-18-29)47-6-2)48(45,46)31-21-15-26(3)16-22-31/h7-22,27,35H,5-6,23-25H2,1-4H3,(H,40,44). The molecule has 0 aliphatic rings. The van der Waals surface area contributed by atoms with Crippen LogP contribution in [0.2, 0.25) is 10.0 Å². The van der Waals surface area contributed by atoms with Crippen molar-refractivity contribution in [3.63, 3.8) is 0 Å². The summed E-state index contributed by atoms with van der Waals surface area (Å²) in [6.45, 7) is 7.25. The zero-order valence-corrected chi connectivity index (χ0v) is 29.9. The molecular formula is C37H41Cl2N3O5S. The number of ether oxygens (including phenoxy) is 1. The van der Waals surface area contributed by atoms with Gasteiger partial charge in [0.05, 0.1) is 17.2 Å². The Morgan fingerprint density at radius 1 is 0.854 bits per heavy atom. The summed E-state index contributed by atoms with van der Waals surface area (Å²) in [5.74, 6) is -0.436. The molecule has 0 aliphatic carbocycles. The molecule has 2 amide bonds. The number of hydrogen-bond acceptors (Lipinski definition) is 5. The Morgan fingerprint density at radius 2 is 1.48 bits per heavy atom. The molecule has 0 fully saturated rings. The van der Waals surface area contributed by atoms with Crippen molar-refractivity contribution in [2.45, 2.75) is 64.1 Å². The number of nitrogens with zero attached hydrogens (tertiary/aromatic N) is 2. The quantitative estimate of drug-likeness (QED) is 0.138. The number of halogens is 2. The average molecular weight is 711 g/mol. The second-order valence-electron chi connectivity index (χ2n) is 11.5. The number of benzene rings is 4. The molecule has 8 nitrogen and oxygen atoms in total. The lowest BCUT2D eigenvalue weighted by molar-refractivity contribution is -0.140. The first-order valence-electron chi connectivity index (χ1n) is 15.8. The first kappa shape index (κ1) is 36.8. The summed E-state index contributed by atoms with van der Waals surface area (Å²) in [7, 11) is -4.25. The van der Waals surface area contributed by atoms with Crippen molar-refractivity contribution >= 4 is 50.7 Å². The molecule has 0 aromatic heterocycles. The van der Waals surface area contributed by atoms with Crippen LogP contribution in [0.25, 0.3) is 0 Å². The number of anilines is 1. The first-order valence-corrected chi connectivity index (χ1v) is 18.0. The summed E-state index contributed by atoms with van der Waals surface area (Å²) in [6.07, 6.45) is 0.846. The van der Waals surface area contributed by atoms with Crippen LogP contribution in [0.3, 0.4) is 0 Å². The third kappa shape index (κ3) is 9.30. The molecule has 0 radical (unpaired) electrons. The van der Waals surface area contributed by atoms with E-state index in [-0.39, 0.29) is 35.5 Å². The zero-order chi connectivity index (χ0) is 34.8. The van der Waals surface area contributed by atoms with Crippen molar-refractivity contribution < 1.29 is 22.7 Å². The van der Waals surface area contributed by atoms with E-state index in [1.165, 1.54) is 17.0 Å². The SMILES string of the molecule is CCOc1ccc(N(CC(=O)N(Cc2c(Cl)cccc2Cl)C(Cc2ccccc2)C(=O)NC(C)CC)S(=O)(=O)c2ccc(C)cc2)cc1. The van der Waals surface area contributed by atoms with E-state index in [1.54, 1.807) is 54.6 Å². The Labute approximate surface area is 293 Å². The van der Waals surface area contributed by atoms with E-state index in [9.17, 15) is 18.0 Å². The molecule has 4 rings (SSSR count). The number of rotatable bonds is 15. The molecule has 2 unspecified atom stereocenters. The topological polar surface area (TPSA) is 96.0 Å². The zero-order valence-electron chi connectivity index (χ0n) is 27.5. The second-order valence-corrected chi connectivity index (χ2v) is 14.2. The minimum absolute atomic E-state index is 0.0193. The molecule has 0 aliphatic heterocycles. The van der Waals surface area contributed by atoms with Crippen LogP contribution in [0.15, 0.2) is 102 Å². The van der Waals surface area contributed by atoms with E-state index >= 15 is 0 Å². The summed E-state index contributed by atoms with van der Waals surface area (Å²) in [6, 6.07) is 26.1. The smallest absolute Gasteiger partial charge is 0.264 e. The van der Waals surface area contributed by atoms with Gasteiger partial charge in [-0.3, -0.25) is 13.9 Å². The molecule has 11 heteroatoms. The van der Waals surface area contributed by atoms with E-state index in [0.29, 0.717) is 34.4 Å². The Morgan fingerprint density at radius 3 is 2.06 bits per heavy atom. The van der Waals surface area contributed by atoms with Gasteiger partial charge in [-0.05, 0) is 81.3 Å². The molecule has 0 heterocycles. The van der Waals surface area contributed by atoms with Gasteiger partial charge in [-0.1, -0.05) is 84.2 Å². The van der Waals surface area contributed by atoms with E-state index < -0.39 is 28.5 Å². The highest BCUT2D eigenvalue weighted by Gasteiger charge is 2.35. The third-order valence-corrected chi connectivity index (χ3v) is 10.5. The lowest BCUT2D eigenvalue weighted by Crippen LogP contribution is -2.54. The Balaban J connectivity index is 1.84. The van der Waals surface area contributed by atoms with Crippen LogP contribution in [-0.2, 0) is 32.6 Å². The summed E-state index contributed by atoms with van der Waals surface area (Å²) in [4.78, 5) is 30.1. The number of aryl methyl sites for hydroxylation is 1. The molecule has 0 saturated heterocycles. The van der Waals surface area contributed by atoms with E-state index in [0.717, 1.165) is 15.4 Å². The average Bonchev–Trinajstić information content (AvgIpc) is 3.07. The largest absolute Gasteiger partial charge is 0.494 e. The van der Waals surface area contributed by atoms with Gasteiger partial charge >= 0.3 is 0 Å². The summed E-state index contributed by atoms with van der Waals surface area (Å²) in [5.41, 5.74) is 2.40. The summed E-state index contributed by atoms with van der Waals surface area (Å²) < 4.78 is 35.2. The number of nitrogens with one attached hydrogen (secondary N) is 1. The molecule has 1 N–H and O–H groups in total. The number of amides is 2. The Bertz CT molecular complexity index is 1770. The third-order valence-electron chi connectivity index (χ3n) is 7.99. The minimum atomic E-state index is -4.25. The van der Waals surface area contributed by atoms with Gasteiger partial charge in [0.15, 0.2) is 0 Å². The van der Waals surface area contributed by atoms with E-state index in [4.69, 9.17) is 27.9 Å². The van der Waals surface area contributed by atoms with Crippen molar-refractivity contribution in [3.8, 4) is 5.75 Å². The van der Waals surface area contributed by atoms with Crippen LogP contribution in [0.5, 0.6) is 5.75 Å². The van der Waals surface area contributed by atoms with E-state index in [2.05, 4.69) is 5.32 Å². The lowest BCUT2D eigenvalue weighted by Gasteiger charge is -2.34. The highest BCUT2D eigenvalue weighted by Crippen LogP contribution is 2.30. The molecule has 4 aromatic carbocycles. The minimum Gasteiger partial charge on any atom is -0.494 e. The monoisotopic (exact) mass is 709 g/mol. The van der Waals surface area contributed by atoms with Crippen LogP contribution in [-0.4, -0.2) is 50.4 Å². The lowest BCUT2D eigenvalue weighted by atomic mass is 10.0. The maximum absolute atomic E-state index is 14.7. The van der Waals surface area contributed by atoms with Gasteiger partial charge in [0, 0.05) is 34.6 Å². The van der Waals surface area contributed by atoms with Crippen molar-refractivity contribution in [2.75, 3.05) is 17.5 Å². The van der Waals surface area contributed by atoms with Gasteiger partial charge in [0.25, 0.3) is 10.0 Å². The molecule has 4 aromatic rings. The maximum atomic E-state index is 14.7. The molecule has 48 heavy (non-hydrogen) atoms. The summed E-state index contributed by atoms with van der Waals surface area (Å²) >= 11 is 13.2. The van der Waals surface area contributed by atoms with Crippen LogP contribution in [0.4, 0.5) is 5.69 Å². The molecule has 254 valence electrons. The van der Waals surface area contributed by atoms with Crippen LogP contribution in [0.1, 0.15) is 43.9 Å². The van der Waals surface area contributed by atoms with Crippen molar-refractivity contribution in [1.82, 2.24) is 10.2 Å². The Hall–Kier alpha value is -4.05. The second kappa shape index (κ2) is 16.9. The highest BCUT2D eigenvalue weighted by molar-refractivity contribution is 7.92. The van der Waals surface area contributed by atoms with Crippen LogP contribution < -0.4 is 14.4 Å². The normalized spacial score (nSPS) is 12.5. The molecule has 0 spiro atoms. The predicted molar refractivity (Wildman–Crippen MR) is 192 cm³/mol. The molecule has 2 atom stereocenters. The van der Waals surface area contributed by atoms with Gasteiger partial charge in [-0.15, -0.1) is 0 Å². The first-order chi connectivity index (χ1) is 22.9. The van der Waals surface area contributed by atoms with Gasteiger partial charge < -0.3 is 15.0 Å². The fourth-order valence-electron chi connectivity index (χ4n) is 5.09. The molecular weight excluding hydrogens is 669 g/mol. The fourth-order valence-corrected chi connectivity index (χ4v) is 7.02. The van der Waals surface area contributed by atoms with Gasteiger partial charge in [-0.25, -0.2) is 8.42 Å². The number of carbonyl (C=O) groups excluding carboxylic acids is 2. The highest BCUT2D eigenvalue weighted by atomic mass is 35.5. The van der Waals surface area contributed by atoms with Gasteiger partial charge in [0.1, 0.15) is 18.3 Å². The molecule has 0 bridgehead atoms. The number of hydrogen-bond donors (Lipinski definition) is 1. The Kier molecular flexibility index (Phi) is 12.9. The van der Waals surface area contributed by atoms with E-state index in [1.807, 2.05) is 58.0 Å². The number of sulfonamides is 1. The van der Waals surface area contributed by atoms with Gasteiger partial charge in [-0.2, -0.15) is 0 Å². The van der Waals surface area contributed by atoms with Crippen LogP contribution >= 0.6 is 23.2 Å². The van der Waals surface area contributed by atoms with Crippen molar-refractivity contribution in [3.05, 3.63) is 124 Å². The predicted octanol–water partition coefficient (Wildman–Crippen LogP) is 7.45. The maximum Gasteiger partial charge on any atom is 0.264 e.